The van der Waals surface area contributed by atoms with Gasteiger partial charge < -0.3 is 4.98 Å². The molecule has 1 saturated heterocycles. The Bertz CT molecular complexity index is 777. The number of alkyl halides is 1. The van der Waals surface area contributed by atoms with Crippen LogP contribution in [0.15, 0.2) is 23.0 Å². The maximum atomic E-state index is 12.3. The standard InChI is InChI=1S/C13H12BrN3O3/c1-16-11-8(15-13(16)20)3-2-4-9(11)17-10(18)6-5-7(14)12(17)19/h2-4,7H,5-6H2,1H3,(H,15,20). The third-order valence-corrected chi connectivity index (χ3v) is 4.34. The van der Waals surface area contributed by atoms with Crippen molar-refractivity contribution < 1.29 is 9.59 Å². The number of H-pyrrole nitrogens is 1. The van der Waals surface area contributed by atoms with Gasteiger partial charge >= 0.3 is 5.69 Å². The quantitative estimate of drug-likeness (QED) is 0.629. The van der Waals surface area contributed by atoms with Gasteiger partial charge in [0.15, 0.2) is 0 Å². The summed E-state index contributed by atoms with van der Waals surface area (Å²) in [6.45, 7) is 0. The maximum Gasteiger partial charge on any atom is 0.326 e. The third kappa shape index (κ3) is 1.81. The van der Waals surface area contributed by atoms with E-state index < -0.39 is 0 Å². The number of imidazole rings is 1. The van der Waals surface area contributed by atoms with Crippen molar-refractivity contribution in [2.75, 3.05) is 4.90 Å². The molecule has 1 aliphatic rings. The monoisotopic (exact) mass is 337 g/mol. The summed E-state index contributed by atoms with van der Waals surface area (Å²) in [7, 11) is 1.61. The lowest BCUT2D eigenvalue weighted by Gasteiger charge is -2.28. The number of anilines is 1. The van der Waals surface area contributed by atoms with Crippen LogP contribution in [0, 0.1) is 0 Å². The van der Waals surface area contributed by atoms with Crippen molar-refractivity contribution in [2.24, 2.45) is 7.05 Å². The average molecular weight is 338 g/mol. The van der Waals surface area contributed by atoms with Gasteiger partial charge in [-0.05, 0) is 18.6 Å². The van der Waals surface area contributed by atoms with Crippen LogP contribution in [0.3, 0.4) is 0 Å². The van der Waals surface area contributed by atoms with Crippen LogP contribution in [0.1, 0.15) is 12.8 Å². The van der Waals surface area contributed by atoms with Gasteiger partial charge in [0.1, 0.15) is 0 Å². The fourth-order valence-electron chi connectivity index (χ4n) is 2.47. The minimum Gasteiger partial charge on any atom is -0.305 e. The zero-order chi connectivity index (χ0) is 14.4. The number of para-hydroxylation sites is 1. The Kier molecular flexibility index (Phi) is 3.01. The first kappa shape index (κ1) is 13.1. The number of rotatable bonds is 1. The molecule has 20 heavy (non-hydrogen) atoms. The minimum atomic E-state index is -0.369. The van der Waals surface area contributed by atoms with Crippen molar-refractivity contribution in [1.82, 2.24) is 9.55 Å². The minimum absolute atomic E-state index is 0.244. The van der Waals surface area contributed by atoms with Crippen LogP contribution in [0.5, 0.6) is 0 Å². The number of nitrogens with zero attached hydrogens (tertiary/aromatic N) is 2. The maximum absolute atomic E-state index is 12.3. The van der Waals surface area contributed by atoms with Crippen LogP contribution in [-0.4, -0.2) is 26.2 Å². The van der Waals surface area contributed by atoms with Gasteiger partial charge in [-0.2, -0.15) is 0 Å². The van der Waals surface area contributed by atoms with Gasteiger partial charge in [-0.1, -0.05) is 22.0 Å². The van der Waals surface area contributed by atoms with E-state index in [2.05, 4.69) is 20.9 Å². The van der Waals surface area contributed by atoms with Crippen LogP contribution in [0.4, 0.5) is 5.69 Å². The molecule has 0 radical (unpaired) electrons. The second-order valence-electron chi connectivity index (χ2n) is 4.74. The molecule has 3 rings (SSSR count). The normalized spacial score (nSPS) is 19.9. The molecular formula is C13H12BrN3O3. The summed E-state index contributed by atoms with van der Waals surface area (Å²) < 4.78 is 1.41. The second-order valence-corrected chi connectivity index (χ2v) is 5.84. The lowest BCUT2D eigenvalue weighted by atomic mass is 10.1. The Balaban J connectivity index is 2.26. The van der Waals surface area contributed by atoms with Crippen molar-refractivity contribution in [1.29, 1.82) is 0 Å². The summed E-state index contributed by atoms with van der Waals surface area (Å²) in [6.07, 6.45) is 0.798. The molecule has 2 aromatic rings. The zero-order valence-corrected chi connectivity index (χ0v) is 12.3. The number of aryl methyl sites for hydroxylation is 1. The fourth-order valence-corrected chi connectivity index (χ4v) is 2.90. The van der Waals surface area contributed by atoms with Gasteiger partial charge in [-0.15, -0.1) is 0 Å². The van der Waals surface area contributed by atoms with Crippen LogP contribution in [0.25, 0.3) is 11.0 Å². The van der Waals surface area contributed by atoms with Crippen molar-refractivity contribution in [3.05, 3.63) is 28.7 Å². The van der Waals surface area contributed by atoms with E-state index in [1.54, 1.807) is 25.2 Å². The van der Waals surface area contributed by atoms with Crippen molar-refractivity contribution >= 4 is 44.5 Å². The Morgan fingerprint density at radius 3 is 2.80 bits per heavy atom. The summed E-state index contributed by atoms with van der Waals surface area (Å²) in [6, 6.07) is 5.13. The number of benzene rings is 1. The van der Waals surface area contributed by atoms with Gasteiger partial charge in [-0.25, -0.2) is 9.69 Å². The fraction of sp³-hybridized carbons (Fsp3) is 0.308. The zero-order valence-electron chi connectivity index (χ0n) is 10.7. The van der Waals surface area contributed by atoms with Crippen LogP contribution in [-0.2, 0) is 16.6 Å². The molecule has 104 valence electrons. The molecule has 1 aromatic heterocycles. The first-order valence-electron chi connectivity index (χ1n) is 6.19. The molecule has 7 heteroatoms. The molecule has 1 unspecified atom stereocenters. The molecule has 1 atom stereocenters. The topological polar surface area (TPSA) is 75.2 Å². The number of hydrogen-bond donors (Lipinski definition) is 1. The highest BCUT2D eigenvalue weighted by atomic mass is 79.9. The van der Waals surface area contributed by atoms with E-state index in [0.717, 1.165) is 0 Å². The lowest BCUT2D eigenvalue weighted by molar-refractivity contribution is -0.128. The van der Waals surface area contributed by atoms with Crippen LogP contribution >= 0.6 is 15.9 Å². The molecule has 0 spiro atoms. The van der Waals surface area contributed by atoms with Crippen molar-refractivity contribution in [3.8, 4) is 0 Å². The third-order valence-electron chi connectivity index (χ3n) is 3.49. The molecule has 1 aromatic carbocycles. The molecule has 1 N–H and O–H groups in total. The first-order valence-corrected chi connectivity index (χ1v) is 7.11. The predicted molar refractivity (Wildman–Crippen MR) is 78.0 cm³/mol. The number of piperidine rings is 1. The number of nitrogens with one attached hydrogen (secondary N) is 1. The van der Waals surface area contributed by atoms with Gasteiger partial charge in [0, 0.05) is 13.5 Å². The molecule has 2 heterocycles. The van der Waals surface area contributed by atoms with E-state index >= 15 is 0 Å². The highest BCUT2D eigenvalue weighted by molar-refractivity contribution is 9.10. The summed E-state index contributed by atoms with van der Waals surface area (Å²) in [5.41, 5.74) is 1.33. The number of amides is 2. The van der Waals surface area contributed by atoms with E-state index in [1.807, 2.05) is 0 Å². The molecular weight excluding hydrogens is 326 g/mol. The van der Waals surface area contributed by atoms with E-state index in [-0.39, 0.29) is 22.3 Å². The summed E-state index contributed by atoms with van der Waals surface area (Å²) >= 11 is 3.29. The molecule has 1 fully saturated rings. The average Bonchev–Trinajstić information content (AvgIpc) is 2.71. The number of imide groups is 1. The van der Waals surface area contributed by atoms with E-state index in [9.17, 15) is 14.4 Å². The Morgan fingerprint density at radius 1 is 1.30 bits per heavy atom. The summed E-state index contributed by atoms with van der Waals surface area (Å²) in [4.78, 5) is 39.6. The van der Waals surface area contributed by atoms with Gasteiger partial charge in [0.05, 0.1) is 21.5 Å². The summed E-state index contributed by atoms with van der Waals surface area (Å²) in [5, 5.41) is 0. The molecule has 2 amide bonds. The molecule has 0 bridgehead atoms. The number of fused-ring (bicyclic) bond motifs is 1. The van der Waals surface area contributed by atoms with Gasteiger partial charge in [-0.3, -0.25) is 14.2 Å². The first-order chi connectivity index (χ1) is 9.50. The number of carbonyl (C=O) groups is 2. The Labute approximate surface area is 122 Å². The Hall–Kier alpha value is -1.89. The number of carbonyl (C=O) groups excluding carboxylic acids is 2. The van der Waals surface area contributed by atoms with Crippen molar-refractivity contribution in [2.45, 2.75) is 17.7 Å². The number of aromatic amines is 1. The number of halogens is 1. The smallest absolute Gasteiger partial charge is 0.305 e. The van der Waals surface area contributed by atoms with Crippen molar-refractivity contribution in [3.63, 3.8) is 0 Å². The van der Waals surface area contributed by atoms with E-state index in [0.29, 0.717) is 29.6 Å². The van der Waals surface area contributed by atoms with Gasteiger partial charge in [0.2, 0.25) is 11.8 Å². The number of hydrogen-bond acceptors (Lipinski definition) is 3. The SMILES string of the molecule is Cn1c(=O)[nH]c2cccc(N3C(=O)CCC(Br)C3=O)c21. The molecule has 0 aliphatic carbocycles. The molecule has 1 aliphatic heterocycles. The summed E-state index contributed by atoms with van der Waals surface area (Å²) in [5.74, 6) is -0.533. The molecule has 0 saturated carbocycles. The highest BCUT2D eigenvalue weighted by Crippen LogP contribution is 2.30. The van der Waals surface area contributed by atoms with E-state index in [4.69, 9.17) is 0 Å². The Morgan fingerprint density at radius 2 is 2.05 bits per heavy atom. The van der Waals surface area contributed by atoms with Crippen LogP contribution in [0.2, 0.25) is 0 Å². The van der Waals surface area contributed by atoms with E-state index in [1.165, 1.54) is 9.47 Å². The number of aromatic nitrogens is 2. The molecule has 6 nitrogen and oxygen atoms in total. The lowest BCUT2D eigenvalue weighted by Crippen LogP contribution is -2.46. The second kappa shape index (κ2) is 4.59. The largest absolute Gasteiger partial charge is 0.326 e. The highest BCUT2D eigenvalue weighted by Gasteiger charge is 2.35. The predicted octanol–water partition coefficient (Wildman–Crippen LogP) is 1.28. The van der Waals surface area contributed by atoms with Crippen LogP contribution < -0.4 is 10.6 Å². The van der Waals surface area contributed by atoms with Gasteiger partial charge in [0.25, 0.3) is 0 Å².